The van der Waals surface area contributed by atoms with Crippen LogP contribution in [0, 0.1) is 0 Å². The molecular weight excluding hydrogens is 220 g/mol. The first-order valence-corrected chi connectivity index (χ1v) is 5.41. The van der Waals surface area contributed by atoms with Crippen LogP contribution in [-0.4, -0.2) is 39.9 Å². The average molecular weight is 238 g/mol. The van der Waals surface area contributed by atoms with E-state index in [1.807, 2.05) is 0 Å². The van der Waals surface area contributed by atoms with Gasteiger partial charge in [-0.3, -0.25) is 0 Å². The summed E-state index contributed by atoms with van der Waals surface area (Å²) in [5.41, 5.74) is 0.665. The van der Waals surface area contributed by atoms with Gasteiger partial charge in [0, 0.05) is 6.42 Å². The van der Waals surface area contributed by atoms with Gasteiger partial charge in [-0.1, -0.05) is 43.5 Å². The van der Waals surface area contributed by atoms with Crippen LogP contribution in [-0.2, 0) is 4.74 Å². The van der Waals surface area contributed by atoms with E-state index in [1.165, 1.54) is 0 Å². The minimum absolute atomic E-state index is 0.0717. The number of rotatable bonds is 4. The Hall–Kier alpha value is -1.20. The predicted octanol–water partition coefficient (Wildman–Crippen LogP) is 0.670. The zero-order valence-electron chi connectivity index (χ0n) is 9.57. The highest BCUT2D eigenvalue weighted by atomic mass is 16.6. The largest absolute Gasteiger partial charge is 0.390 e. The van der Waals surface area contributed by atoms with Crippen LogP contribution in [0.5, 0.6) is 0 Å². The molecular formula is C13H18O4. The molecule has 1 fully saturated rings. The molecule has 3 N–H and O–H groups in total. The van der Waals surface area contributed by atoms with Crippen molar-refractivity contribution in [3.8, 4) is 0 Å². The highest BCUT2D eigenvalue weighted by Gasteiger charge is 2.36. The van der Waals surface area contributed by atoms with Gasteiger partial charge in [-0.05, 0) is 5.57 Å². The molecule has 0 aromatic rings. The van der Waals surface area contributed by atoms with Gasteiger partial charge in [0.25, 0.3) is 0 Å². The van der Waals surface area contributed by atoms with Crippen molar-refractivity contribution < 1.29 is 20.1 Å². The van der Waals surface area contributed by atoms with E-state index in [2.05, 4.69) is 13.2 Å². The molecule has 0 amide bonds. The summed E-state index contributed by atoms with van der Waals surface area (Å²) in [5.74, 6) is 0. The lowest BCUT2D eigenvalue weighted by atomic mass is 9.95. The summed E-state index contributed by atoms with van der Waals surface area (Å²) >= 11 is 0. The van der Waals surface area contributed by atoms with Gasteiger partial charge in [0.05, 0.1) is 6.10 Å². The molecule has 0 saturated carbocycles. The van der Waals surface area contributed by atoms with Crippen LogP contribution in [0.3, 0.4) is 0 Å². The molecule has 4 nitrogen and oxygen atoms in total. The Morgan fingerprint density at radius 1 is 1.12 bits per heavy atom. The molecule has 4 atom stereocenters. The zero-order chi connectivity index (χ0) is 12.8. The van der Waals surface area contributed by atoms with E-state index in [-0.39, 0.29) is 6.42 Å². The summed E-state index contributed by atoms with van der Waals surface area (Å²) < 4.78 is 5.18. The van der Waals surface area contributed by atoms with Crippen molar-refractivity contribution in [1.29, 1.82) is 0 Å². The summed E-state index contributed by atoms with van der Waals surface area (Å²) in [6.07, 6.45) is 4.43. The second-order valence-electron chi connectivity index (χ2n) is 3.81. The first kappa shape index (κ1) is 13.9. The van der Waals surface area contributed by atoms with Crippen LogP contribution in [0.25, 0.3) is 0 Å². The summed E-state index contributed by atoms with van der Waals surface area (Å²) in [5, 5.41) is 28.6. The fourth-order valence-corrected chi connectivity index (χ4v) is 1.68. The third-order valence-electron chi connectivity index (χ3n) is 2.51. The number of allylic oxidation sites excluding steroid dienone is 4. The number of hydrogen-bond acceptors (Lipinski definition) is 4. The SMILES string of the molecule is C=C/C=C\C(=C/C=C)C1OC(O)C(O)CC1O. The molecule has 0 radical (unpaired) electrons. The van der Waals surface area contributed by atoms with Crippen LogP contribution in [0.4, 0.5) is 0 Å². The molecule has 1 aliphatic rings. The molecule has 94 valence electrons. The first-order chi connectivity index (χ1) is 8.10. The van der Waals surface area contributed by atoms with E-state index in [9.17, 15) is 15.3 Å². The van der Waals surface area contributed by atoms with Crippen molar-refractivity contribution in [2.75, 3.05) is 0 Å². The maximum atomic E-state index is 9.82. The minimum atomic E-state index is -1.28. The van der Waals surface area contributed by atoms with E-state index in [0.717, 1.165) is 0 Å². The second kappa shape index (κ2) is 6.51. The zero-order valence-corrected chi connectivity index (χ0v) is 9.57. The molecule has 1 rings (SSSR count). The van der Waals surface area contributed by atoms with Gasteiger partial charge in [0.15, 0.2) is 6.29 Å². The maximum absolute atomic E-state index is 9.82. The molecule has 1 saturated heterocycles. The van der Waals surface area contributed by atoms with Crippen LogP contribution >= 0.6 is 0 Å². The first-order valence-electron chi connectivity index (χ1n) is 5.41. The Morgan fingerprint density at radius 3 is 2.41 bits per heavy atom. The number of hydrogen-bond donors (Lipinski definition) is 3. The Balaban J connectivity index is 2.87. The monoisotopic (exact) mass is 238 g/mol. The van der Waals surface area contributed by atoms with E-state index in [1.54, 1.807) is 30.4 Å². The van der Waals surface area contributed by atoms with Crippen molar-refractivity contribution in [1.82, 2.24) is 0 Å². The molecule has 1 aliphatic heterocycles. The van der Waals surface area contributed by atoms with E-state index >= 15 is 0 Å². The lowest BCUT2D eigenvalue weighted by Crippen LogP contribution is -2.47. The van der Waals surface area contributed by atoms with Gasteiger partial charge in [0.2, 0.25) is 0 Å². The third-order valence-corrected chi connectivity index (χ3v) is 2.51. The van der Waals surface area contributed by atoms with Crippen LogP contribution in [0.1, 0.15) is 6.42 Å². The topological polar surface area (TPSA) is 69.9 Å². The van der Waals surface area contributed by atoms with Gasteiger partial charge in [-0.2, -0.15) is 0 Å². The maximum Gasteiger partial charge on any atom is 0.181 e. The Morgan fingerprint density at radius 2 is 1.82 bits per heavy atom. The van der Waals surface area contributed by atoms with Crippen LogP contribution < -0.4 is 0 Å². The number of aliphatic hydroxyl groups excluding tert-OH is 3. The summed E-state index contributed by atoms with van der Waals surface area (Å²) in [7, 11) is 0. The molecule has 0 spiro atoms. The van der Waals surface area contributed by atoms with Gasteiger partial charge in [0.1, 0.15) is 12.2 Å². The Labute approximate surface area is 101 Å². The van der Waals surface area contributed by atoms with E-state index in [4.69, 9.17) is 4.74 Å². The third kappa shape index (κ3) is 3.64. The van der Waals surface area contributed by atoms with Crippen LogP contribution in [0.2, 0.25) is 0 Å². The standard InChI is InChI=1S/C13H18O4/c1-3-5-7-9(6-4-2)12-10(14)8-11(15)13(16)17-12/h3-7,10-16H,1-2,8H2/b7-5-,9-6+. The van der Waals surface area contributed by atoms with Crippen molar-refractivity contribution in [3.63, 3.8) is 0 Å². The number of ether oxygens (including phenoxy) is 1. The molecule has 1 heterocycles. The second-order valence-corrected chi connectivity index (χ2v) is 3.81. The van der Waals surface area contributed by atoms with Crippen molar-refractivity contribution >= 4 is 0 Å². The smallest absolute Gasteiger partial charge is 0.181 e. The lowest BCUT2D eigenvalue weighted by Gasteiger charge is -2.35. The fourth-order valence-electron chi connectivity index (χ4n) is 1.68. The summed E-state index contributed by atoms with van der Waals surface area (Å²) in [6, 6.07) is 0. The molecule has 17 heavy (non-hydrogen) atoms. The quantitative estimate of drug-likeness (QED) is 0.630. The van der Waals surface area contributed by atoms with Crippen molar-refractivity contribution in [2.24, 2.45) is 0 Å². The number of aliphatic hydroxyl groups is 3. The van der Waals surface area contributed by atoms with E-state index in [0.29, 0.717) is 5.57 Å². The lowest BCUT2D eigenvalue weighted by molar-refractivity contribution is -0.235. The Bertz CT molecular complexity index is 332. The van der Waals surface area contributed by atoms with Crippen LogP contribution in [0.15, 0.2) is 49.1 Å². The summed E-state index contributed by atoms with van der Waals surface area (Å²) in [6.45, 7) is 7.13. The van der Waals surface area contributed by atoms with Gasteiger partial charge < -0.3 is 20.1 Å². The molecule has 4 heteroatoms. The molecule has 0 aliphatic carbocycles. The highest BCUT2D eigenvalue weighted by Crippen LogP contribution is 2.25. The average Bonchev–Trinajstić information content (AvgIpc) is 2.29. The molecule has 4 unspecified atom stereocenters. The van der Waals surface area contributed by atoms with Crippen molar-refractivity contribution in [3.05, 3.63) is 49.1 Å². The predicted molar refractivity (Wildman–Crippen MR) is 65.1 cm³/mol. The van der Waals surface area contributed by atoms with Gasteiger partial charge in [-0.25, -0.2) is 0 Å². The van der Waals surface area contributed by atoms with Gasteiger partial charge >= 0.3 is 0 Å². The molecule has 0 aromatic carbocycles. The fraction of sp³-hybridized carbons (Fsp3) is 0.385. The summed E-state index contributed by atoms with van der Waals surface area (Å²) in [4.78, 5) is 0. The Kier molecular flexibility index (Phi) is 5.31. The van der Waals surface area contributed by atoms with Gasteiger partial charge in [-0.15, -0.1) is 0 Å². The molecule has 0 aromatic heterocycles. The van der Waals surface area contributed by atoms with E-state index < -0.39 is 24.6 Å². The minimum Gasteiger partial charge on any atom is -0.390 e. The van der Waals surface area contributed by atoms with Crippen molar-refractivity contribution in [2.45, 2.75) is 31.0 Å². The normalized spacial score (nSPS) is 34.9. The highest BCUT2D eigenvalue weighted by molar-refractivity contribution is 5.30. The molecule has 0 bridgehead atoms.